The minimum atomic E-state index is -0.483. The molecule has 1 amide bonds. The van der Waals surface area contributed by atoms with E-state index in [1.807, 2.05) is 20.8 Å². The van der Waals surface area contributed by atoms with Crippen molar-refractivity contribution in [2.75, 3.05) is 7.11 Å². The summed E-state index contributed by atoms with van der Waals surface area (Å²) >= 11 is 0. The highest BCUT2D eigenvalue weighted by Gasteiger charge is 2.39. The monoisotopic (exact) mass is 298 g/mol. The molecule has 2 fully saturated rings. The predicted molar refractivity (Wildman–Crippen MR) is 77.8 cm³/mol. The molecule has 0 aromatic rings. The Morgan fingerprint density at radius 3 is 2.14 bits per heavy atom. The second kappa shape index (κ2) is 6.22. The van der Waals surface area contributed by atoms with Gasteiger partial charge in [0, 0.05) is 18.1 Å². The van der Waals surface area contributed by atoms with Gasteiger partial charge in [-0.1, -0.05) is 0 Å². The second-order valence-electron chi connectivity index (χ2n) is 7.07. The molecule has 2 N–H and O–H groups in total. The fraction of sp³-hybridized carbons (Fsp3) is 0.867. The molecule has 0 spiro atoms. The number of carbonyl (C=O) groups excluding carboxylic acids is 2. The van der Waals surface area contributed by atoms with Crippen molar-refractivity contribution in [1.82, 2.24) is 10.6 Å². The lowest BCUT2D eigenvalue weighted by Crippen LogP contribution is -2.57. The zero-order valence-corrected chi connectivity index (χ0v) is 13.3. The highest BCUT2D eigenvalue weighted by atomic mass is 16.6. The van der Waals surface area contributed by atoms with Crippen molar-refractivity contribution in [2.45, 2.75) is 70.2 Å². The first-order valence-electron chi connectivity index (χ1n) is 7.60. The van der Waals surface area contributed by atoms with E-state index in [1.54, 1.807) is 0 Å². The topological polar surface area (TPSA) is 76.7 Å². The van der Waals surface area contributed by atoms with Gasteiger partial charge in [-0.2, -0.15) is 0 Å². The second-order valence-corrected chi connectivity index (χ2v) is 7.07. The summed E-state index contributed by atoms with van der Waals surface area (Å²) in [5.41, 5.74) is -0.483. The van der Waals surface area contributed by atoms with Gasteiger partial charge in [0.05, 0.1) is 13.0 Å². The van der Waals surface area contributed by atoms with Crippen LogP contribution >= 0.6 is 0 Å². The molecule has 2 unspecified atom stereocenters. The molecule has 2 aliphatic heterocycles. The van der Waals surface area contributed by atoms with Gasteiger partial charge in [0.1, 0.15) is 5.60 Å². The van der Waals surface area contributed by atoms with Crippen LogP contribution in [-0.4, -0.2) is 42.9 Å². The maximum atomic E-state index is 11.8. The van der Waals surface area contributed by atoms with Gasteiger partial charge in [0.15, 0.2) is 0 Å². The van der Waals surface area contributed by atoms with Gasteiger partial charge < -0.3 is 20.1 Å². The molecular weight excluding hydrogens is 272 g/mol. The molecule has 6 heteroatoms. The number of amides is 1. The maximum Gasteiger partial charge on any atom is 0.407 e. The van der Waals surface area contributed by atoms with Gasteiger partial charge in [0.25, 0.3) is 0 Å². The number of piperidine rings is 2. The van der Waals surface area contributed by atoms with E-state index in [4.69, 9.17) is 9.47 Å². The summed E-state index contributed by atoms with van der Waals surface area (Å²) < 4.78 is 10.1. The molecule has 120 valence electrons. The summed E-state index contributed by atoms with van der Waals surface area (Å²) in [7, 11) is 1.44. The quantitative estimate of drug-likeness (QED) is 0.757. The lowest BCUT2D eigenvalue weighted by molar-refractivity contribution is -0.147. The number of ether oxygens (including phenoxy) is 2. The van der Waals surface area contributed by atoms with E-state index in [2.05, 4.69) is 10.6 Å². The molecule has 4 atom stereocenters. The molecule has 0 aromatic carbocycles. The van der Waals surface area contributed by atoms with Gasteiger partial charge in [0.2, 0.25) is 0 Å². The summed E-state index contributed by atoms with van der Waals surface area (Å²) in [5.74, 6) is -0.140. The number of esters is 1. The lowest BCUT2D eigenvalue weighted by atomic mass is 9.78. The zero-order valence-electron chi connectivity index (χ0n) is 13.3. The number of alkyl carbamates (subject to hydrolysis) is 1. The molecule has 0 aliphatic carbocycles. The van der Waals surface area contributed by atoms with Crippen molar-refractivity contribution < 1.29 is 19.1 Å². The number of fused-ring (bicyclic) bond motifs is 2. The number of carbonyl (C=O) groups is 2. The first-order chi connectivity index (χ1) is 9.76. The van der Waals surface area contributed by atoms with Crippen LogP contribution in [-0.2, 0) is 14.3 Å². The normalized spacial score (nSPS) is 32.2. The molecule has 2 heterocycles. The molecule has 2 bridgehead atoms. The van der Waals surface area contributed by atoms with Crippen LogP contribution in [0.3, 0.4) is 0 Å². The average molecular weight is 298 g/mol. The summed E-state index contributed by atoms with van der Waals surface area (Å²) in [5, 5.41) is 6.46. The first kappa shape index (κ1) is 16.1. The summed E-state index contributed by atoms with van der Waals surface area (Å²) in [6, 6.07) is 0.609. The van der Waals surface area contributed by atoms with E-state index in [0.717, 1.165) is 25.7 Å². The minimum absolute atomic E-state index is 0.0197. The Bertz CT molecular complexity index is 391. The number of rotatable bonds is 2. The largest absolute Gasteiger partial charge is 0.469 e. The molecule has 0 saturated carbocycles. The van der Waals surface area contributed by atoms with Gasteiger partial charge in [-0.15, -0.1) is 0 Å². The van der Waals surface area contributed by atoms with Crippen LogP contribution in [0.15, 0.2) is 0 Å². The van der Waals surface area contributed by atoms with E-state index in [9.17, 15) is 9.59 Å². The van der Waals surface area contributed by atoms with Crippen LogP contribution < -0.4 is 10.6 Å². The zero-order chi connectivity index (χ0) is 15.6. The van der Waals surface area contributed by atoms with Crippen LogP contribution in [0.4, 0.5) is 4.79 Å². The Labute approximate surface area is 125 Å². The average Bonchev–Trinajstić information content (AvgIpc) is 2.34. The van der Waals surface area contributed by atoms with Crippen LogP contribution in [0.25, 0.3) is 0 Å². The minimum Gasteiger partial charge on any atom is -0.469 e. The lowest BCUT2D eigenvalue weighted by Gasteiger charge is -2.43. The van der Waals surface area contributed by atoms with E-state index in [-0.39, 0.29) is 36.1 Å². The van der Waals surface area contributed by atoms with Crippen LogP contribution in [0, 0.1) is 5.92 Å². The Balaban J connectivity index is 1.86. The van der Waals surface area contributed by atoms with E-state index in [1.165, 1.54) is 7.11 Å². The van der Waals surface area contributed by atoms with Gasteiger partial charge in [-0.25, -0.2) is 4.79 Å². The van der Waals surface area contributed by atoms with Crippen molar-refractivity contribution in [2.24, 2.45) is 5.92 Å². The van der Waals surface area contributed by atoms with Gasteiger partial charge in [-0.3, -0.25) is 4.79 Å². The van der Waals surface area contributed by atoms with Crippen molar-refractivity contribution >= 4 is 12.1 Å². The SMILES string of the molecule is COC(=O)C1C[C@H]2CC(NC(=O)OC(C)(C)C)C[C@@H](C1)N2. The fourth-order valence-electron chi connectivity index (χ4n) is 3.32. The number of hydrogen-bond acceptors (Lipinski definition) is 5. The molecule has 2 rings (SSSR count). The number of nitrogens with one attached hydrogen (secondary N) is 2. The summed E-state index contributed by atoms with van der Waals surface area (Å²) in [6.45, 7) is 5.56. The molecule has 21 heavy (non-hydrogen) atoms. The van der Waals surface area contributed by atoms with Crippen molar-refractivity contribution in [3.8, 4) is 0 Å². The third-order valence-corrected chi connectivity index (χ3v) is 4.00. The van der Waals surface area contributed by atoms with Crippen molar-refractivity contribution in [1.29, 1.82) is 0 Å². The fourth-order valence-corrected chi connectivity index (χ4v) is 3.32. The van der Waals surface area contributed by atoms with Crippen LogP contribution in [0.1, 0.15) is 46.5 Å². The van der Waals surface area contributed by atoms with Crippen molar-refractivity contribution in [3.63, 3.8) is 0 Å². The van der Waals surface area contributed by atoms with Crippen LogP contribution in [0.2, 0.25) is 0 Å². The highest BCUT2D eigenvalue weighted by Crippen LogP contribution is 2.30. The third-order valence-electron chi connectivity index (χ3n) is 4.00. The van der Waals surface area contributed by atoms with Gasteiger partial charge in [-0.05, 0) is 46.5 Å². The standard InChI is InChI=1S/C15H26N2O4/c1-15(2,3)21-14(19)17-12-7-10-5-9(13(18)20-4)6-11(8-12)16-10/h9-12,16H,5-8H2,1-4H3,(H,17,19)/t9?,10-,11+,12?. The molecule has 2 saturated heterocycles. The highest BCUT2D eigenvalue weighted by molar-refractivity contribution is 5.72. The van der Waals surface area contributed by atoms with Crippen LogP contribution in [0.5, 0.6) is 0 Å². The molecular formula is C15H26N2O4. The molecule has 2 aliphatic rings. The Kier molecular flexibility index (Phi) is 4.76. The van der Waals surface area contributed by atoms with E-state index in [0.29, 0.717) is 0 Å². The third kappa shape index (κ3) is 4.59. The smallest absolute Gasteiger partial charge is 0.407 e. The Morgan fingerprint density at radius 2 is 1.67 bits per heavy atom. The summed E-state index contributed by atoms with van der Waals surface area (Å²) in [6.07, 6.45) is 2.83. The Morgan fingerprint density at radius 1 is 1.10 bits per heavy atom. The predicted octanol–water partition coefficient (Wildman–Crippen LogP) is 1.58. The van der Waals surface area contributed by atoms with E-state index >= 15 is 0 Å². The molecule has 0 radical (unpaired) electrons. The number of methoxy groups -OCH3 is 1. The molecule has 6 nitrogen and oxygen atoms in total. The molecule has 0 aromatic heterocycles. The Hall–Kier alpha value is -1.30. The van der Waals surface area contributed by atoms with Crippen molar-refractivity contribution in [3.05, 3.63) is 0 Å². The number of hydrogen-bond donors (Lipinski definition) is 2. The summed E-state index contributed by atoms with van der Waals surface area (Å²) in [4.78, 5) is 23.5. The van der Waals surface area contributed by atoms with E-state index < -0.39 is 5.60 Å². The maximum absolute atomic E-state index is 11.8. The first-order valence-corrected chi connectivity index (χ1v) is 7.60. The van der Waals surface area contributed by atoms with Gasteiger partial charge >= 0.3 is 12.1 Å².